The molecule has 0 fully saturated rings. The summed E-state index contributed by atoms with van der Waals surface area (Å²) in [5.41, 5.74) is 1.03. The monoisotopic (exact) mass is 343 g/mol. The maximum Gasteiger partial charge on any atom is 0.0960 e. The normalized spacial score (nSPS) is 12.8. The molecule has 116 valence electrons. The largest absolute Gasteiger partial charge is 0.252 e. The molecule has 1 rings (SSSR count). The first-order valence-corrected chi connectivity index (χ1v) is 9.19. The lowest BCUT2D eigenvalue weighted by molar-refractivity contribution is 0.507. The fourth-order valence-corrected chi connectivity index (χ4v) is 2.58. The molecule has 1 aromatic rings. The number of nitrogens with zero attached hydrogens (tertiary/aromatic N) is 3. The molecule has 0 bridgehead atoms. The average Bonchev–Trinajstić information content (AvgIpc) is 2.90. The molecule has 0 saturated carbocycles. The molecule has 0 saturated heterocycles. The van der Waals surface area contributed by atoms with E-state index < -0.39 is 0 Å². The van der Waals surface area contributed by atoms with Crippen molar-refractivity contribution in [1.82, 2.24) is 15.0 Å². The Morgan fingerprint density at radius 1 is 1.00 bits per heavy atom. The van der Waals surface area contributed by atoms with E-state index in [0.29, 0.717) is 4.83 Å². The highest BCUT2D eigenvalue weighted by Crippen LogP contribution is 2.18. The highest BCUT2D eigenvalue weighted by atomic mass is 79.9. The molecule has 1 atom stereocenters. The number of alkyl halides is 1. The Bertz CT molecular complexity index is 336. The van der Waals surface area contributed by atoms with Crippen molar-refractivity contribution in [2.45, 2.75) is 89.4 Å². The molecular weight excluding hydrogens is 314 g/mol. The fourth-order valence-electron chi connectivity index (χ4n) is 2.37. The molecule has 0 aromatic carbocycles. The Labute approximate surface area is 132 Å². The predicted molar refractivity (Wildman–Crippen MR) is 89.2 cm³/mol. The molecule has 0 aliphatic rings. The molecule has 1 heterocycles. The van der Waals surface area contributed by atoms with Crippen molar-refractivity contribution in [2.24, 2.45) is 0 Å². The van der Waals surface area contributed by atoms with Crippen molar-refractivity contribution in [3.63, 3.8) is 0 Å². The Balaban J connectivity index is 1.91. The molecule has 0 N–H and O–H groups in total. The SMILES string of the molecule is CCCCCCCCCCCCn1cc(C(C)Br)nn1. The van der Waals surface area contributed by atoms with Crippen LogP contribution in [0.3, 0.4) is 0 Å². The van der Waals surface area contributed by atoms with E-state index in [1.54, 1.807) is 0 Å². The topological polar surface area (TPSA) is 30.7 Å². The number of hydrogen-bond donors (Lipinski definition) is 0. The van der Waals surface area contributed by atoms with Gasteiger partial charge in [-0.1, -0.05) is 85.9 Å². The van der Waals surface area contributed by atoms with E-state index in [0.717, 1.165) is 12.2 Å². The van der Waals surface area contributed by atoms with Gasteiger partial charge in [-0.3, -0.25) is 4.68 Å². The first-order valence-electron chi connectivity index (χ1n) is 8.28. The average molecular weight is 344 g/mol. The van der Waals surface area contributed by atoms with Crippen LogP contribution in [0.15, 0.2) is 6.20 Å². The molecule has 20 heavy (non-hydrogen) atoms. The third-order valence-corrected chi connectivity index (χ3v) is 4.17. The lowest BCUT2D eigenvalue weighted by Gasteiger charge is -2.02. The second-order valence-electron chi connectivity index (χ2n) is 5.70. The summed E-state index contributed by atoms with van der Waals surface area (Å²) in [5.74, 6) is 0. The Kier molecular flexibility index (Phi) is 9.98. The smallest absolute Gasteiger partial charge is 0.0960 e. The van der Waals surface area contributed by atoms with Gasteiger partial charge in [0.15, 0.2) is 0 Å². The molecule has 0 spiro atoms. The van der Waals surface area contributed by atoms with Crippen LogP contribution in [0.2, 0.25) is 0 Å². The summed E-state index contributed by atoms with van der Waals surface area (Å²) in [7, 11) is 0. The van der Waals surface area contributed by atoms with Crippen molar-refractivity contribution in [1.29, 1.82) is 0 Å². The number of unbranched alkanes of at least 4 members (excludes halogenated alkanes) is 9. The van der Waals surface area contributed by atoms with Gasteiger partial charge in [-0.25, -0.2) is 0 Å². The molecular formula is C16H30BrN3. The fraction of sp³-hybridized carbons (Fsp3) is 0.875. The van der Waals surface area contributed by atoms with Crippen LogP contribution in [-0.2, 0) is 6.54 Å². The lowest BCUT2D eigenvalue weighted by atomic mass is 10.1. The van der Waals surface area contributed by atoms with Crippen LogP contribution < -0.4 is 0 Å². The molecule has 0 amide bonds. The van der Waals surface area contributed by atoms with E-state index in [-0.39, 0.29) is 0 Å². The molecule has 4 heteroatoms. The second-order valence-corrected chi connectivity index (χ2v) is 7.08. The van der Waals surface area contributed by atoms with Crippen molar-refractivity contribution in [3.05, 3.63) is 11.9 Å². The van der Waals surface area contributed by atoms with E-state index in [1.165, 1.54) is 64.2 Å². The Hall–Kier alpha value is -0.380. The van der Waals surface area contributed by atoms with E-state index in [9.17, 15) is 0 Å². The standard InChI is InChI=1S/C16H30BrN3/c1-3-4-5-6-7-8-9-10-11-12-13-20-14-16(15(2)17)18-19-20/h14-15H,3-13H2,1-2H3. The van der Waals surface area contributed by atoms with Gasteiger partial charge in [0, 0.05) is 12.7 Å². The first-order chi connectivity index (χ1) is 9.74. The minimum absolute atomic E-state index is 0.295. The molecule has 0 radical (unpaired) electrons. The van der Waals surface area contributed by atoms with Gasteiger partial charge in [-0.2, -0.15) is 0 Å². The van der Waals surface area contributed by atoms with Crippen LogP contribution >= 0.6 is 15.9 Å². The molecule has 1 aromatic heterocycles. The summed E-state index contributed by atoms with van der Waals surface area (Å²) in [6.07, 6.45) is 15.8. The number of rotatable bonds is 12. The second kappa shape index (κ2) is 11.3. The lowest BCUT2D eigenvalue weighted by Crippen LogP contribution is -1.98. The quantitative estimate of drug-likeness (QED) is 0.362. The van der Waals surface area contributed by atoms with Gasteiger partial charge in [0.05, 0.1) is 10.5 Å². The van der Waals surface area contributed by atoms with Crippen molar-refractivity contribution in [3.8, 4) is 0 Å². The van der Waals surface area contributed by atoms with E-state index in [1.807, 2.05) is 10.9 Å². The number of hydrogen-bond acceptors (Lipinski definition) is 2. The zero-order chi connectivity index (χ0) is 14.6. The van der Waals surface area contributed by atoms with Gasteiger partial charge >= 0.3 is 0 Å². The van der Waals surface area contributed by atoms with Crippen molar-refractivity contribution in [2.75, 3.05) is 0 Å². The van der Waals surface area contributed by atoms with E-state index in [2.05, 4.69) is 40.1 Å². The van der Waals surface area contributed by atoms with Crippen LogP contribution in [0.5, 0.6) is 0 Å². The first kappa shape index (κ1) is 17.7. The van der Waals surface area contributed by atoms with Crippen LogP contribution in [0, 0.1) is 0 Å². The van der Waals surface area contributed by atoms with E-state index in [4.69, 9.17) is 0 Å². The highest BCUT2D eigenvalue weighted by molar-refractivity contribution is 9.09. The minimum Gasteiger partial charge on any atom is -0.252 e. The van der Waals surface area contributed by atoms with Gasteiger partial charge < -0.3 is 0 Å². The summed E-state index contributed by atoms with van der Waals surface area (Å²) in [6, 6.07) is 0. The maximum atomic E-state index is 4.15. The van der Waals surface area contributed by atoms with Gasteiger partial charge in [-0.15, -0.1) is 5.10 Å². The van der Waals surface area contributed by atoms with Gasteiger partial charge in [0.25, 0.3) is 0 Å². The van der Waals surface area contributed by atoms with Crippen LogP contribution in [0.4, 0.5) is 0 Å². The summed E-state index contributed by atoms with van der Waals surface area (Å²) >= 11 is 3.51. The van der Waals surface area contributed by atoms with Crippen LogP contribution in [-0.4, -0.2) is 15.0 Å². The third kappa shape index (κ3) is 8.03. The van der Waals surface area contributed by atoms with Crippen LogP contribution in [0.1, 0.15) is 88.6 Å². The zero-order valence-electron chi connectivity index (χ0n) is 13.2. The molecule has 3 nitrogen and oxygen atoms in total. The third-order valence-electron chi connectivity index (χ3n) is 3.70. The van der Waals surface area contributed by atoms with Crippen molar-refractivity contribution >= 4 is 15.9 Å². The number of aryl methyl sites for hydroxylation is 1. The summed E-state index contributed by atoms with van der Waals surface area (Å²) in [4.78, 5) is 0.295. The minimum atomic E-state index is 0.295. The Morgan fingerprint density at radius 3 is 2.05 bits per heavy atom. The zero-order valence-corrected chi connectivity index (χ0v) is 14.7. The van der Waals surface area contributed by atoms with Gasteiger partial charge in [0.1, 0.15) is 0 Å². The summed E-state index contributed by atoms with van der Waals surface area (Å²) in [6.45, 7) is 5.36. The highest BCUT2D eigenvalue weighted by Gasteiger charge is 2.05. The summed E-state index contributed by atoms with van der Waals surface area (Å²) in [5, 5.41) is 8.30. The Morgan fingerprint density at radius 2 is 1.55 bits per heavy atom. The van der Waals surface area contributed by atoms with Crippen LogP contribution in [0.25, 0.3) is 0 Å². The summed E-state index contributed by atoms with van der Waals surface area (Å²) < 4.78 is 1.97. The molecule has 0 aliphatic heterocycles. The van der Waals surface area contributed by atoms with E-state index >= 15 is 0 Å². The molecule has 0 aliphatic carbocycles. The van der Waals surface area contributed by atoms with Crippen molar-refractivity contribution < 1.29 is 0 Å². The maximum absolute atomic E-state index is 4.15. The van der Waals surface area contributed by atoms with Gasteiger partial charge in [-0.05, 0) is 13.3 Å². The molecule has 1 unspecified atom stereocenters. The predicted octanol–water partition coefficient (Wildman–Crippen LogP) is 5.65. The van der Waals surface area contributed by atoms with Gasteiger partial charge in [0.2, 0.25) is 0 Å². The number of halogens is 1. The number of aromatic nitrogens is 3.